The van der Waals surface area contributed by atoms with E-state index < -0.39 is 6.09 Å². The lowest BCUT2D eigenvalue weighted by molar-refractivity contribution is 0.146. The molecule has 0 saturated heterocycles. The van der Waals surface area contributed by atoms with E-state index in [0.29, 0.717) is 25.4 Å². The number of anilines is 2. The number of amides is 1. The number of nitrogens with one attached hydrogen (secondary N) is 1. The van der Waals surface area contributed by atoms with Crippen molar-refractivity contribution in [3.8, 4) is 5.75 Å². The summed E-state index contributed by atoms with van der Waals surface area (Å²) in [6, 6.07) is 11.5. The number of aromatic amines is 1. The molecule has 1 N–H and O–H groups in total. The summed E-state index contributed by atoms with van der Waals surface area (Å²) in [4.78, 5) is 28.5. The van der Waals surface area contributed by atoms with Crippen LogP contribution in [0.1, 0.15) is 18.3 Å². The number of imidazole rings is 2. The largest absolute Gasteiger partial charge is 0.490 e. The number of carbonyl (C=O) groups is 1. The van der Waals surface area contributed by atoms with Crippen LogP contribution in [-0.2, 0) is 17.9 Å². The number of carbonyl (C=O) groups excluding carboxylic acids is 1. The maximum absolute atomic E-state index is 12.9. The standard InChI is InChI=1S/C23H24N6O3/c1-2-29(23(30)32-15-18-14-28-8-4-3-5-22(28)26-18)19-6-7-21-20(11-19)27(9-10-31-21)13-17-12-24-16-25-17/h3-8,11-12,14,16H,2,9-10,13,15H2,1H3,(H,24,25). The molecule has 0 fully saturated rings. The first kappa shape index (κ1) is 19.9. The highest BCUT2D eigenvalue weighted by molar-refractivity contribution is 5.89. The summed E-state index contributed by atoms with van der Waals surface area (Å²) >= 11 is 0. The summed E-state index contributed by atoms with van der Waals surface area (Å²) in [7, 11) is 0. The van der Waals surface area contributed by atoms with Crippen molar-refractivity contribution in [1.82, 2.24) is 19.4 Å². The highest BCUT2D eigenvalue weighted by Gasteiger charge is 2.23. The number of ether oxygens (including phenoxy) is 2. The van der Waals surface area contributed by atoms with Crippen LogP contribution in [0.25, 0.3) is 5.65 Å². The van der Waals surface area contributed by atoms with E-state index in [1.54, 1.807) is 11.2 Å². The molecule has 0 saturated carbocycles. The molecule has 1 aliphatic rings. The van der Waals surface area contributed by atoms with Crippen molar-refractivity contribution in [3.05, 3.63) is 72.7 Å². The summed E-state index contributed by atoms with van der Waals surface area (Å²) in [5.41, 5.74) is 4.15. The predicted octanol–water partition coefficient (Wildman–Crippen LogP) is 3.62. The molecular formula is C23H24N6O3. The van der Waals surface area contributed by atoms with Crippen LogP contribution in [0.4, 0.5) is 16.2 Å². The molecule has 1 amide bonds. The van der Waals surface area contributed by atoms with Gasteiger partial charge in [-0.2, -0.15) is 0 Å². The van der Waals surface area contributed by atoms with Crippen molar-refractivity contribution in [2.45, 2.75) is 20.1 Å². The van der Waals surface area contributed by atoms with Crippen LogP contribution in [0.3, 0.4) is 0 Å². The van der Waals surface area contributed by atoms with Crippen LogP contribution in [0.5, 0.6) is 5.75 Å². The van der Waals surface area contributed by atoms with E-state index in [2.05, 4.69) is 19.9 Å². The average molecular weight is 432 g/mol. The first-order valence-electron chi connectivity index (χ1n) is 10.6. The molecule has 4 heterocycles. The third kappa shape index (κ3) is 3.96. The number of pyridine rings is 1. The Morgan fingerprint density at radius 2 is 2.22 bits per heavy atom. The molecule has 9 nitrogen and oxygen atoms in total. The first-order chi connectivity index (χ1) is 15.7. The van der Waals surface area contributed by atoms with Gasteiger partial charge in [-0.25, -0.2) is 14.8 Å². The zero-order valence-electron chi connectivity index (χ0n) is 17.8. The molecule has 1 aliphatic heterocycles. The molecule has 164 valence electrons. The smallest absolute Gasteiger partial charge is 0.414 e. The molecule has 0 spiro atoms. The van der Waals surface area contributed by atoms with Gasteiger partial charge in [0, 0.05) is 30.8 Å². The number of fused-ring (bicyclic) bond motifs is 2. The van der Waals surface area contributed by atoms with Gasteiger partial charge in [-0.05, 0) is 37.3 Å². The first-order valence-corrected chi connectivity index (χ1v) is 10.6. The molecule has 0 radical (unpaired) electrons. The zero-order chi connectivity index (χ0) is 21.9. The third-order valence-corrected chi connectivity index (χ3v) is 5.42. The van der Waals surface area contributed by atoms with Gasteiger partial charge in [-0.3, -0.25) is 4.90 Å². The van der Waals surface area contributed by atoms with Gasteiger partial charge in [0.25, 0.3) is 0 Å². The Morgan fingerprint density at radius 3 is 3.03 bits per heavy atom. The monoisotopic (exact) mass is 432 g/mol. The lowest BCUT2D eigenvalue weighted by Gasteiger charge is -2.32. The van der Waals surface area contributed by atoms with Crippen molar-refractivity contribution in [2.24, 2.45) is 0 Å². The van der Waals surface area contributed by atoms with Crippen molar-refractivity contribution in [1.29, 1.82) is 0 Å². The number of rotatable bonds is 6. The third-order valence-electron chi connectivity index (χ3n) is 5.42. The van der Waals surface area contributed by atoms with Gasteiger partial charge >= 0.3 is 6.09 Å². The number of aromatic nitrogens is 4. The summed E-state index contributed by atoms with van der Waals surface area (Å²) in [5.74, 6) is 0.796. The van der Waals surface area contributed by atoms with E-state index in [-0.39, 0.29) is 6.61 Å². The van der Waals surface area contributed by atoms with Crippen molar-refractivity contribution >= 4 is 23.1 Å². The minimum atomic E-state index is -0.417. The molecule has 5 rings (SSSR count). The minimum Gasteiger partial charge on any atom is -0.490 e. The lowest BCUT2D eigenvalue weighted by Crippen LogP contribution is -2.34. The van der Waals surface area contributed by atoms with E-state index in [4.69, 9.17) is 9.47 Å². The fourth-order valence-electron chi connectivity index (χ4n) is 3.85. The van der Waals surface area contributed by atoms with Crippen LogP contribution in [-0.4, -0.2) is 45.1 Å². The Hall–Kier alpha value is -4.01. The highest BCUT2D eigenvalue weighted by atomic mass is 16.6. The fraction of sp³-hybridized carbons (Fsp3) is 0.261. The molecule has 4 aromatic rings. The number of nitrogens with zero attached hydrogens (tertiary/aromatic N) is 5. The quantitative estimate of drug-likeness (QED) is 0.501. The number of benzene rings is 1. The molecular weight excluding hydrogens is 408 g/mol. The Kier molecular flexibility index (Phi) is 5.37. The molecule has 3 aromatic heterocycles. The number of hydrogen-bond donors (Lipinski definition) is 1. The Labute approximate surface area is 185 Å². The second-order valence-corrected chi connectivity index (χ2v) is 7.48. The zero-order valence-corrected chi connectivity index (χ0v) is 17.8. The molecule has 1 aromatic carbocycles. The lowest BCUT2D eigenvalue weighted by atomic mass is 10.2. The fourth-order valence-corrected chi connectivity index (χ4v) is 3.85. The second-order valence-electron chi connectivity index (χ2n) is 7.48. The second kappa shape index (κ2) is 8.62. The predicted molar refractivity (Wildman–Crippen MR) is 120 cm³/mol. The summed E-state index contributed by atoms with van der Waals surface area (Å²) in [6.45, 7) is 4.51. The molecule has 0 bridgehead atoms. The molecule has 9 heteroatoms. The van der Waals surface area contributed by atoms with Gasteiger partial charge in [-0.15, -0.1) is 0 Å². The Bertz CT molecular complexity index is 1190. The van der Waals surface area contributed by atoms with Gasteiger partial charge in [0.1, 0.15) is 24.6 Å². The average Bonchev–Trinajstić information content (AvgIpc) is 3.48. The molecule has 0 unspecified atom stereocenters. The van der Waals surface area contributed by atoms with E-state index in [1.165, 1.54) is 0 Å². The van der Waals surface area contributed by atoms with Crippen LogP contribution >= 0.6 is 0 Å². The normalized spacial score (nSPS) is 13.0. The highest BCUT2D eigenvalue weighted by Crippen LogP contribution is 2.36. The maximum atomic E-state index is 12.9. The van der Waals surface area contributed by atoms with Crippen molar-refractivity contribution in [2.75, 3.05) is 29.5 Å². The summed E-state index contributed by atoms with van der Waals surface area (Å²) in [6.07, 6.45) is 6.91. The van der Waals surface area contributed by atoms with E-state index in [0.717, 1.165) is 35.0 Å². The summed E-state index contributed by atoms with van der Waals surface area (Å²) < 4.78 is 13.3. The Balaban J connectivity index is 1.32. The Morgan fingerprint density at radius 1 is 1.28 bits per heavy atom. The maximum Gasteiger partial charge on any atom is 0.414 e. The van der Waals surface area contributed by atoms with Crippen LogP contribution in [0.2, 0.25) is 0 Å². The SMILES string of the molecule is CCN(C(=O)OCc1cn2ccccc2n1)c1ccc2c(c1)N(Cc1c[nH]cn1)CCO2. The minimum absolute atomic E-state index is 0.107. The van der Waals surface area contributed by atoms with Gasteiger partial charge in [0.05, 0.1) is 36.5 Å². The van der Waals surface area contributed by atoms with E-state index >= 15 is 0 Å². The van der Waals surface area contributed by atoms with E-state index in [9.17, 15) is 4.79 Å². The van der Waals surface area contributed by atoms with E-state index in [1.807, 2.05) is 66.3 Å². The molecule has 0 atom stereocenters. The molecule has 32 heavy (non-hydrogen) atoms. The summed E-state index contributed by atoms with van der Waals surface area (Å²) in [5, 5.41) is 0. The van der Waals surface area contributed by atoms with Crippen LogP contribution in [0, 0.1) is 0 Å². The van der Waals surface area contributed by atoms with Crippen LogP contribution in [0.15, 0.2) is 61.3 Å². The van der Waals surface area contributed by atoms with Gasteiger partial charge in [-0.1, -0.05) is 6.07 Å². The van der Waals surface area contributed by atoms with Crippen molar-refractivity contribution < 1.29 is 14.3 Å². The topological polar surface area (TPSA) is 88.0 Å². The van der Waals surface area contributed by atoms with Gasteiger partial charge in [0.15, 0.2) is 0 Å². The van der Waals surface area contributed by atoms with Gasteiger partial charge < -0.3 is 23.8 Å². The van der Waals surface area contributed by atoms with Crippen LogP contribution < -0.4 is 14.5 Å². The molecule has 0 aliphatic carbocycles. The van der Waals surface area contributed by atoms with Gasteiger partial charge in [0.2, 0.25) is 0 Å². The van der Waals surface area contributed by atoms with Crippen molar-refractivity contribution in [3.63, 3.8) is 0 Å². The number of H-pyrrole nitrogens is 1. The number of hydrogen-bond acceptors (Lipinski definition) is 6.